The van der Waals surface area contributed by atoms with Crippen molar-refractivity contribution in [3.8, 4) is 0 Å². The van der Waals surface area contributed by atoms with Crippen LogP contribution in [0.1, 0.15) is 30.0 Å². The molecule has 126 valence electrons. The summed E-state index contributed by atoms with van der Waals surface area (Å²) in [6.45, 7) is 5.68. The minimum atomic E-state index is 0.406. The SMILES string of the molecule is CN(C(=S)NCCN1CCOCC1)[C@@H]1CCCc2ccccc21. The second kappa shape index (κ2) is 8.08. The molecule has 23 heavy (non-hydrogen) atoms. The van der Waals surface area contributed by atoms with Gasteiger partial charge in [0.25, 0.3) is 0 Å². The van der Waals surface area contributed by atoms with Crippen molar-refractivity contribution in [2.45, 2.75) is 25.3 Å². The molecule has 0 amide bonds. The van der Waals surface area contributed by atoms with Crippen molar-refractivity contribution in [3.63, 3.8) is 0 Å². The van der Waals surface area contributed by atoms with Gasteiger partial charge in [-0.1, -0.05) is 24.3 Å². The lowest BCUT2D eigenvalue weighted by Gasteiger charge is -2.35. The number of fused-ring (bicyclic) bond motifs is 1. The molecule has 0 unspecified atom stereocenters. The van der Waals surface area contributed by atoms with Gasteiger partial charge < -0.3 is 15.0 Å². The van der Waals surface area contributed by atoms with E-state index < -0.39 is 0 Å². The van der Waals surface area contributed by atoms with Gasteiger partial charge in [-0.2, -0.15) is 0 Å². The molecule has 1 heterocycles. The Morgan fingerprint density at radius 2 is 2.13 bits per heavy atom. The van der Waals surface area contributed by atoms with Crippen LogP contribution in [0.25, 0.3) is 0 Å². The molecule has 2 aliphatic rings. The van der Waals surface area contributed by atoms with E-state index >= 15 is 0 Å². The Hall–Kier alpha value is -1.17. The Kier molecular flexibility index (Phi) is 5.86. The van der Waals surface area contributed by atoms with E-state index in [1.807, 2.05) is 0 Å². The summed E-state index contributed by atoms with van der Waals surface area (Å²) in [6, 6.07) is 9.19. The van der Waals surface area contributed by atoms with Crippen LogP contribution in [0.3, 0.4) is 0 Å². The Bertz CT molecular complexity index is 531. The standard InChI is InChI=1S/C18H27N3OS/c1-20(17-8-4-6-15-5-2-3-7-16(15)17)18(23)19-9-10-21-11-13-22-14-12-21/h2-3,5,7,17H,4,6,8-14H2,1H3,(H,19,23)/t17-/m1/s1. The molecule has 0 radical (unpaired) electrons. The molecule has 5 heteroatoms. The summed E-state index contributed by atoms with van der Waals surface area (Å²) >= 11 is 5.63. The third kappa shape index (κ3) is 4.22. The van der Waals surface area contributed by atoms with Crippen LogP contribution in [-0.2, 0) is 11.2 Å². The molecule has 4 nitrogen and oxygen atoms in total. The zero-order valence-corrected chi connectivity index (χ0v) is 14.8. The minimum absolute atomic E-state index is 0.406. The minimum Gasteiger partial charge on any atom is -0.379 e. The van der Waals surface area contributed by atoms with Crippen LogP contribution in [0.15, 0.2) is 24.3 Å². The Morgan fingerprint density at radius 1 is 1.35 bits per heavy atom. The van der Waals surface area contributed by atoms with E-state index in [0.717, 1.165) is 44.5 Å². The van der Waals surface area contributed by atoms with Crippen molar-refractivity contribution < 1.29 is 4.74 Å². The highest BCUT2D eigenvalue weighted by molar-refractivity contribution is 7.80. The van der Waals surface area contributed by atoms with Crippen LogP contribution in [0.2, 0.25) is 0 Å². The van der Waals surface area contributed by atoms with Gasteiger partial charge in [-0.3, -0.25) is 4.90 Å². The van der Waals surface area contributed by atoms with Crippen LogP contribution in [0.5, 0.6) is 0 Å². The van der Waals surface area contributed by atoms with E-state index in [2.05, 4.69) is 46.4 Å². The predicted octanol–water partition coefficient (Wildman–Crippen LogP) is 2.20. The number of morpholine rings is 1. The van der Waals surface area contributed by atoms with Crippen LogP contribution in [-0.4, -0.2) is 61.4 Å². The number of rotatable bonds is 4. The van der Waals surface area contributed by atoms with Gasteiger partial charge >= 0.3 is 0 Å². The van der Waals surface area contributed by atoms with Crippen LogP contribution >= 0.6 is 12.2 Å². The summed E-state index contributed by atoms with van der Waals surface area (Å²) in [5.41, 5.74) is 2.92. The molecule has 1 aromatic carbocycles. The normalized spacial score (nSPS) is 21.5. The number of nitrogens with zero attached hydrogens (tertiary/aromatic N) is 2. The molecule has 1 N–H and O–H groups in total. The summed E-state index contributed by atoms with van der Waals surface area (Å²) in [4.78, 5) is 4.67. The average molecular weight is 334 g/mol. The van der Waals surface area contributed by atoms with Crippen molar-refractivity contribution in [2.24, 2.45) is 0 Å². The maximum Gasteiger partial charge on any atom is 0.169 e. The molecule has 0 saturated carbocycles. The monoisotopic (exact) mass is 333 g/mol. The molecule has 3 rings (SSSR count). The molecule has 1 saturated heterocycles. The maximum absolute atomic E-state index is 5.63. The van der Waals surface area contributed by atoms with Crippen molar-refractivity contribution in [3.05, 3.63) is 35.4 Å². The maximum atomic E-state index is 5.63. The second-order valence-electron chi connectivity index (χ2n) is 6.40. The van der Waals surface area contributed by atoms with E-state index in [9.17, 15) is 0 Å². The summed E-state index contributed by atoms with van der Waals surface area (Å²) in [7, 11) is 2.12. The van der Waals surface area contributed by atoms with Crippen LogP contribution < -0.4 is 5.32 Å². The number of ether oxygens (including phenoxy) is 1. The van der Waals surface area contributed by atoms with Crippen molar-refractivity contribution in [1.29, 1.82) is 0 Å². The third-order valence-corrected chi connectivity index (χ3v) is 5.37. The van der Waals surface area contributed by atoms with Crippen molar-refractivity contribution >= 4 is 17.3 Å². The zero-order valence-electron chi connectivity index (χ0n) is 14.0. The molecule has 1 aliphatic carbocycles. The first-order valence-corrected chi connectivity index (χ1v) is 9.05. The number of hydrogen-bond donors (Lipinski definition) is 1. The highest BCUT2D eigenvalue weighted by Crippen LogP contribution is 2.33. The highest BCUT2D eigenvalue weighted by atomic mass is 32.1. The molecule has 1 atom stereocenters. The molecule has 1 aliphatic heterocycles. The van der Waals surface area contributed by atoms with Gasteiger partial charge in [0.1, 0.15) is 0 Å². The second-order valence-corrected chi connectivity index (χ2v) is 6.79. The first kappa shape index (κ1) is 16.7. The Morgan fingerprint density at radius 3 is 2.96 bits per heavy atom. The number of nitrogens with one attached hydrogen (secondary N) is 1. The first-order valence-electron chi connectivity index (χ1n) is 8.64. The number of hydrogen-bond acceptors (Lipinski definition) is 3. The predicted molar refractivity (Wildman–Crippen MR) is 97.7 cm³/mol. The third-order valence-electron chi connectivity index (χ3n) is 4.93. The van der Waals surface area contributed by atoms with Gasteiger partial charge in [0.2, 0.25) is 0 Å². The van der Waals surface area contributed by atoms with Crippen LogP contribution in [0, 0.1) is 0 Å². The fraction of sp³-hybridized carbons (Fsp3) is 0.611. The summed E-state index contributed by atoms with van der Waals surface area (Å²) in [5, 5.41) is 4.29. The smallest absolute Gasteiger partial charge is 0.169 e. The van der Waals surface area contributed by atoms with Gasteiger partial charge in [-0.15, -0.1) is 0 Å². The van der Waals surface area contributed by atoms with E-state index in [0.29, 0.717) is 6.04 Å². The van der Waals surface area contributed by atoms with E-state index in [1.165, 1.54) is 30.4 Å². The molecule has 1 fully saturated rings. The first-order chi connectivity index (χ1) is 11.3. The molecule has 0 bridgehead atoms. The number of aryl methyl sites for hydroxylation is 1. The van der Waals surface area contributed by atoms with E-state index in [4.69, 9.17) is 17.0 Å². The average Bonchev–Trinajstić information content (AvgIpc) is 2.61. The molecule has 0 spiro atoms. The zero-order chi connectivity index (χ0) is 16.1. The summed E-state index contributed by atoms with van der Waals surface area (Å²) in [5.74, 6) is 0. The lowest BCUT2D eigenvalue weighted by Crippen LogP contribution is -2.45. The van der Waals surface area contributed by atoms with Gasteiger partial charge in [0.15, 0.2) is 5.11 Å². The largest absolute Gasteiger partial charge is 0.379 e. The molecule has 1 aromatic rings. The van der Waals surface area contributed by atoms with E-state index in [-0.39, 0.29) is 0 Å². The molecular weight excluding hydrogens is 306 g/mol. The molecular formula is C18H27N3OS. The Labute approximate surface area is 144 Å². The van der Waals surface area contributed by atoms with Crippen LogP contribution in [0.4, 0.5) is 0 Å². The number of thiocarbonyl (C=S) groups is 1. The van der Waals surface area contributed by atoms with Crippen molar-refractivity contribution in [1.82, 2.24) is 15.1 Å². The van der Waals surface area contributed by atoms with Gasteiger partial charge in [0.05, 0.1) is 19.3 Å². The summed E-state index contributed by atoms with van der Waals surface area (Å²) in [6.07, 6.45) is 3.61. The van der Waals surface area contributed by atoms with E-state index in [1.54, 1.807) is 0 Å². The fourth-order valence-electron chi connectivity index (χ4n) is 3.54. The lowest BCUT2D eigenvalue weighted by molar-refractivity contribution is 0.0388. The Balaban J connectivity index is 1.51. The highest BCUT2D eigenvalue weighted by Gasteiger charge is 2.24. The van der Waals surface area contributed by atoms with Gasteiger partial charge in [-0.25, -0.2) is 0 Å². The topological polar surface area (TPSA) is 27.7 Å². The van der Waals surface area contributed by atoms with Crippen molar-refractivity contribution in [2.75, 3.05) is 46.4 Å². The molecule has 0 aromatic heterocycles. The van der Waals surface area contributed by atoms with Gasteiger partial charge in [-0.05, 0) is 42.6 Å². The fourth-order valence-corrected chi connectivity index (χ4v) is 3.77. The quantitative estimate of drug-likeness (QED) is 0.853. The van der Waals surface area contributed by atoms with Gasteiger partial charge in [0, 0.05) is 33.2 Å². The number of benzene rings is 1. The summed E-state index contributed by atoms with van der Waals surface area (Å²) < 4.78 is 5.38. The lowest BCUT2D eigenvalue weighted by atomic mass is 9.87.